The topological polar surface area (TPSA) is 68.9 Å². The molecular formula is C10H6BrN3O2. The summed E-state index contributed by atoms with van der Waals surface area (Å²) in [5, 5.41) is 10.8. The molecule has 0 fully saturated rings. The van der Waals surface area contributed by atoms with Gasteiger partial charge in [-0.2, -0.15) is 0 Å². The summed E-state index contributed by atoms with van der Waals surface area (Å²) >= 11 is 3.26. The van der Waals surface area contributed by atoms with E-state index in [2.05, 4.69) is 25.9 Å². The quantitative estimate of drug-likeness (QED) is 0.626. The second-order valence-corrected chi connectivity index (χ2v) is 3.94. The molecule has 16 heavy (non-hydrogen) atoms. The fraction of sp³-hybridized carbons (Fsp3) is 0. The summed E-state index contributed by atoms with van der Waals surface area (Å²) in [5.41, 5.74) is 0.908. The zero-order valence-corrected chi connectivity index (χ0v) is 9.59. The normalized spacial score (nSPS) is 10.1. The van der Waals surface area contributed by atoms with E-state index in [1.54, 1.807) is 18.5 Å². The Morgan fingerprint density at radius 3 is 2.88 bits per heavy atom. The van der Waals surface area contributed by atoms with Gasteiger partial charge in [0.1, 0.15) is 5.69 Å². The first-order valence-corrected chi connectivity index (χ1v) is 5.18. The third kappa shape index (κ3) is 2.06. The largest absolute Gasteiger partial charge is 0.295 e. The van der Waals surface area contributed by atoms with Gasteiger partial charge >= 0.3 is 0 Å². The summed E-state index contributed by atoms with van der Waals surface area (Å²) in [6.45, 7) is 0. The zero-order valence-electron chi connectivity index (χ0n) is 8.00. The SMILES string of the molecule is O=[N+]([O-])c1cccnc1-c1cncc(Br)c1. The summed E-state index contributed by atoms with van der Waals surface area (Å²) in [6.07, 6.45) is 4.67. The van der Waals surface area contributed by atoms with Crippen LogP contribution in [0.1, 0.15) is 0 Å². The van der Waals surface area contributed by atoms with Crippen LogP contribution in [0, 0.1) is 10.1 Å². The van der Waals surface area contributed by atoms with Crippen LogP contribution in [0.4, 0.5) is 5.69 Å². The van der Waals surface area contributed by atoms with E-state index in [1.165, 1.54) is 18.3 Å². The van der Waals surface area contributed by atoms with E-state index in [9.17, 15) is 10.1 Å². The maximum absolute atomic E-state index is 10.8. The summed E-state index contributed by atoms with van der Waals surface area (Å²) in [4.78, 5) is 18.3. The van der Waals surface area contributed by atoms with Crippen molar-refractivity contribution in [2.45, 2.75) is 0 Å². The lowest BCUT2D eigenvalue weighted by molar-refractivity contribution is -0.384. The lowest BCUT2D eigenvalue weighted by Crippen LogP contribution is -1.94. The summed E-state index contributed by atoms with van der Waals surface area (Å²) in [6, 6.07) is 4.69. The first-order chi connectivity index (χ1) is 7.68. The Morgan fingerprint density at radius 2 is 2.19 bits per heavy atom. The van der Waals surface area contributed by atoms with Crippen molar-refractivity contribution in [2.75, 3.05) is 0 Å². The molecule has 2 heterocycles. The molecule has 0 amide bonds. The highest BCUT2D eigenvalue weighted by molar-refractivity contribution is 9.10. The number of nitrogens with zero attached hydrogens (tertiary/aromatic N) is 3. The highest BCUT2D eigenvalue weighted by Gasteiger charge is 2.15. The predicted octanol–water partition coefficient (Wildman–Crippen LogP) is 2.81. The predicted molar refractivity (Wildman–Crippen MR) is 61.8 cm³/mol. The first-order valence-electron chi connectivity index (χ1n) is 4.39. The number of rotatable bonds is 2. The summed E-state index contributed by atoms with van der Waals surface area (Å²) < 4.78 is 0.755. The average molecular weight is 280 g/mol. The van der Waals surface area contributed by atoms with E-state index in [4.69, 9.17) is 0 Å². The molecule has 2 aromatic heterocycles. The Balaban J connectivity index is 2.60. The van der Waals surface area contributed by atoms with Gasteiger partial charge in [0.25, 0.3) is 5.69 Å². The number of hydrogen-bond donors (Lipinski definition) is 0. The van der Waals surface area contributed by atoms with Crippen molar-refractivity contribution in [3.05, 3.63) is 51.4 Å². The van der Waals surface area contributed by atoms with Crippen molar-refractivity contribution in [1.82, 2.24) is 9.97 Å². The van der Waals surface area contributed by atoms with Crippen molar-refractivity contribution in [1.29, 1.82) is 0 Å². The van der Waals surface area contributed by atoms with E-state index in [0.29, 0.717) is 11.3 Å². The Bertz CT molecular complexity index is 545. The van der Waals surface area contributed by atoms with E-state index in [-0.39, 0.29) is 5.69 Å². The molecule has 0 unspecified atom stereocenters. The van der Waals surface area contributed by atoms with E-state index >= 15 is 0 Å². The fourth-order valence-electron chi connectivity index (χ4n) is 1.31. The fourth-order valence-corrected chi connectivity index (χ4v) is 1.67. The maximum Gasteiger partial charge on any atom is 0.295 e. The molecule has 2 aromatic rings. The maximum atomic E-state index is 10.8. The molecule has 0 saturated carbocycles. The lowest BCUT2D eigenvalue weighted by Gasteiger charge is -2.01. The van der Waals surface area contributed by atoms with Crippen LogP contribution in [0.2, 0.25) is 0 Å². The van der Waals surface area contributed by atoms with Gasteiger partial charge in [0.2, 0.25) is 0 Å². The zero-order chi connectivity index (χ0) is 11.5. The smallest absolute Gasteiger partial charge is 0.263 e. The minimum Gasteiger partial charge on any atom is -0.263 e. The highest BCUT2D eigenvalue weighted by atomic mass is 79.9. The van der Waals surface area contributed by atoms with Crippen LogP contribution < -0.4 is 0 Å². The van der Waals surface area contributed by atoms with Gasteiger partial charge in [-0.15, -0.1) is 0 Å². The average Bonchev–Trinajstić information content (AvgIpc) is 2.29. The van der Waals surface area contributed by atoms with Gasteiger partial charge < -0.3 is 0 Å². The van der Waals surface area contributed by atoms with Gasteiger partial charge in [-0.1, -0.05) is 0 Å². The molecule has 0 N–H and O–H groups in total. The van der Waals surface area contributed by atoms with Gasteiger partial charge in [-0.05, 0) is 28.1 Å². The number of pyridine rings is 2. The number of aromatic nitrogens is 2. The van der Waals surface area contributed by atoms with Crippen LogP contribution in [-0.4, -0.2) is 14.9 Å². The van der Waals surface area contributed by atoms with E-state index in [1.807, 2.05) is 0 Å². The Kier molecular flexibility index (Phi) is 2.91. The van der Waals surface area contributed by atoms with Crippen LogP contribution >= 0.6 is 15.9 Å². The van der Waals surface area contributed by atoms with E-state index < -0.39 is 4.92 Å². The number of nitro groups is 1. The second kappa shape index (κ2) is 4.36. The van der Waals surface area contributed by atoms with Gasteiger partial charge in [0, 0.05) is 34.7 Å². The minimum atomic E-state index is -0.455. The Hall–Kier alpha value is -1.82. The molecule has 5 nitrogen and oxygen atoms in total. The highest BCUT2D eigenvalue weighted by Crippen LogP contribution is 2.27. The molecule has 0 aromatic carbocycles. The molecule has 0 aliphatic heterocycles. The Morgan fingerprint density at radius 1 is 1.38 bits per heavy atom. The standard InChI is InChI=1S/C10H6BrN3O2/c11-8-4-7(5-12-6-8)10-9(14(15)16)2-1-3-13-10/h1-6H. The lowest BCUT2D eigenvalue weighted by atomic mass is 10.1. The molecule has 0 aliphatic carbocycles. The van der Waals surface area contributed by atoms with Crippen molar-refractivity contribution in [2.24, 2.45) is 0 Å². The van der Waals surface area contributed by atoms with Gasteiger partial charge in [-0.3, -0.25) is 15.1 Å². The van der Waals surface area contributed by atoms with Crippen LogP contribution in [0.15, 0.2) is 41.3 Å². The van der Waals surface area contributed by atoms with Gasteiger partial charge in [0.15, 0.2) is 0 Å². The third-order valence-corrected chi connectivity index (χ3v) is 2.40. The van der Waals surface area contributed by atoms with Crippen molar-refractivity contribution < 1.29 is 4.92 Å². The molecule has 0 atom stereocenters. The van der Waals surface area contributed by atoms with Gasteiger partial charge in [0.05, 0.1) is 4.92 Å². The monoisotopic (exact) mass is 279 g/mol. The van der Waals surface area contributed by atoms with Crippen LogP contribution in [0.25, 0.3) is 11.3 Å². The molecule has 0 aliphatic rings. The van der Waals surface area contributed by atoms with Crippen LogP contribution in [0.3, 0.4) is 0 Å². The van der Waals surface area contributed by atoms with Crippen LogP contribution in [-0.2, 0) is 0 Å². The molecule has 0 spiro atoms. The second-order valence-electron chi connectivity index (χ2n) is 3.02. The van der Waals surface area contributed by atoms with Crippen molar-refractivity contribution in [3.8, 4) is 11.3 Å². The first kappa shape index (κ1) is 10.7. The molecule has 80 valence electrons. The molecule has 0 bridgehead atoms. The molecule has 0 saturated heterocycles. The van der Waals surface area contributed by atoms with Gasteiger partial charge in [-0.25, -0.2) is 4.98 Å². The molecule has 6 heteroatoms. The third-order valence-electron chi connectivity index (χ3n) is 1.96. The number of hydrogen-bond acceptors (Lipinski definition) is 4. The summed E-state index contributed by atoms with van der Waals surface area (Å²) in [5.74, 6) is 0. The summed E-state index contributed by atoms with van der Waals surface area (Å²) in [7, 11) is 0. The molecule has 2 rings (SSSR count). The minimum absolute atomic E-state index is 0.0256. The van der Waals surface area contributed by atoms with Crippen LogP contribution in [0.5, 0.6) is 0 Å². The number of halogens is 1. The van der Waals surface area contributed by atoms with Crippen molar-refractivity contribution in [3.63, 3.8) is 0 Å². The molecular weight excluding hydrogens is 274 g/mol. The van der Waals surface area contributed by atoms with E-state index in [0.717, 1.165) is 4.47 Å². The van der Waals surface area contributed by atoms with Crippen molar-refractivity contribution >= 4 is 21.6 Å². The molecule has 0 radical (unpaired) electrons. The Labute approximate surface area is 99.4 Å².